The van der Waals surface area contributed by atoms with E-state index in [-0.39, 0.29) is 5.54 Å². The summed E-state index contributed by atoms with van der Waals surface area (Å²) in [5, 5.41) is 13.2. The second kappa shape index (κ2) is 7.79. The largest absolute Gasteiger partial charge is 0.480 e. The van der Waals surface area contributed by atoms with Crippen molar-refractivity contribution in [2.75, 3.05) is 44.7 Å². The van der Waals surface area contributed by atoms with Crippen molar-refractivity contribution in [1.29, 1.82) is 0 Å². The van der Waals surface area contributed by atoms with Crippen molar-refractivity contribution in [2.24, 2.45) is 0 Å². The van der Waals surface area contributed by atoms with Gasteiger partial charge in [0.2, 0.25) is 16.0 Å². The lowest BCUT2D eigenvalue weighted by Gasteiger charge is -2.45. The van der Waals surface area contributed by atoms with E-state index in [2.05, 4.69) is 51.5 Å². The van der Waals surface area contributed by atoms with Crippen LogP contribution in [0.4, 0.5) is 5.13 Å². The molecule has 2 N–H and O–H groups in total. The molecular formula is C21H29N7OS. The number of methoxy groups -OCH3 is 1. The van der Waals surface area contributed by atoms with Crippen LogP contribution in [0.1, 0.15) is 38.3 Å². The van der Waals surface area contributed by atoms with Gasteiger partial charge in [-0.05, 0) is 30.9 Å². The third-order valence-corrected chi connectivity index (χ3v) is 7.26. The first-order valence-corrected chi connectivity index (χ1v) is 11.5. The lowest BCUT2D eigenvalue weighted by molar-refractivity contribution is 0.222. The highest BCUT2D eigenvalue weighted by molar-refractivity contribution is 7.20. The Bertz CT molecular complexity index is 1030. The molecule has 30 heavy (non-hydrogen) atoms. The summed E-state index contributed by atoms with van der Waals surface area (Å²) in [5.41, 5.74) is 3.10. The number of rotatable bonds is 4. The average molecular weight is 428 g/mol. The maximum Gasteiger partial charge on any atom is 0.222 e. The van der Waals surface area contributed by atoms with E-state index >= 15 is 0 Å². The van der Waals surface area contributed by atoms with Crippen molar-refractivity contribution in [3.05, 3.63) is 24.0 Å². The van der Waals surface area contributed by atoms with Crippen LogP contribution >= 0.6 is 11.3 Å². The molecule has 2 aliphatic heterocycles. The first-order chi connectivity index (χ1) is 14.6. The lowest BCUT2D eigenvalue weighted by atomic mass is 9.86. The van der Waals surface area contributed by atoms with Gasteiger partial charge in [0.05, 0.1) is 24.6 Å². The Morgan fingerprint density at radius 2 is 2.03 bits per heavy atom. The SMILES string of the molecule is COc1nc(C(C)C)ccc1-c1cnc2sc(N3CCC4(CC3)CNCCN4)nn12. The third kappa shape index (κ3) is 3.44. The Labute approximate surface area is 180 Å². The van der Waals surface area contributed by atoms with E-state index in [4.69, 9.17) is 9.84 Å². The van der Waals surface area contributed by atoms with Crippen LogP contribution in [0.5, 0.6) is 5.88 Å². The Morgan fingerprint density at radius 3 is 2.73 bits per heavy atom. The molecule has 1 spiro atoms. The summed E-state index contributed by atoms with van der Waals surface area (Å²) in [5.74, 6) is 0.967. The maximum atomic E-state index is 5.60. The number of aromatic nitrogens is 4. The minimum absolute atomic E-state index is 0.245. The molecule has 2 fully saturated rings. The molecule has 160 valence electrons. The molecule has 3 aromatic heterocycles. The molecule has 5 rings (SSSR count). The zero-order valence-corrected chi connectivity index (χ0v) is 18.6. The van der Waals surface area contributed by atoms with Crippen LogP contribution in [0.3, 0.4) is 0 Å². The van der Waals surface area contributed by atoms with Crippen molar-refractivity contribution < 1.29 is 4.74 Å². The normalized spacial score (nSPS) is 19.1. The number of ether oxygens (including phenoxy) is 1. The minimum atomic E-state index is 0.245. The average Bonchev–Trinajstić information content (AvgIpc) is 3.35. The Morgan fingerprint density at radius 1 is 1.20 bits per heavy atom. The number of piperidine rings is 1. The van der Waals surface area contributed by atoms with E-state index in [0.717, 1.165) is 72.6 Å². The van der Waals surface area contributed by atoms with Crippen LogP contribution in [-0.2, 0) is 0 Å². The number of anilines is 1. The Balaban J connectivity index is 1.41. The standard InChI is InChI=1S/C21H29N7OS/c1-14(2)16-5-4-15(18(25-16)29-3)17-12-23-19-28(17)26-20(30-19)27-10-6-21(7-11-27)13-22-8-9-24-21/h4-5,12,14,22,24H,6-11,13H2,1-3H3. The first-order valence-electron chi connectivity index (χ1n) is 10.7. The van der Waals surface area contributed by atoms with Gasteiger partial charge in [0, 0.05) is 44.0 Å². The van der Waals surface area contributed by atoms with Crippen molar-refractivity contribution >= 4 is 21.4 Å². The molecule has 2 aliphatic rings. The number of pyridine rings is 1. The fraction of sp³-hybridized carbons (Fsp3) is 0.571. The highest BCUT2D eigenvalue weighted by atomic mass is 32.1. The summed E-state index contributed by atoms with van der Waals surface area (Å²) in [7, 11) is 1.67. The summed E-state index contributed by atoms with van der Waals surface area (Å²) in [6, 6.07) is 4.13. The molecule has 0 aliphatic carbocycles. The topological polar surface area (TPSA) is 79.6 Å². The van der Waals surface area contributed by atoms with Crippen LogP contribution in [0, 0.1) is 0 Å². The van der Waals surface area contributed by atoms with E-state index in [0.29, 0.717) is 11.8 Å². The number of nitrogens with zero attached hydrogens (tertiary/aromatic N) is 5. The van der Waals surface area contributed by atoms with Gasteiger partial charge in [0.1, 0.15) is 0 Å². The van der Waals surface area contributed by atoms with E-state index in [1.54, 1.807) is 18.4 Å². The molecule has 9 heteroatoms. The maximum absolute atomic E-state index is 5.60. The summed E-state index contributed by atoms with van der Waals surface area (Å²) >= 11 is 1.65. The molecule has 0 amide bonds. The van der Waals surface area contributed by atoms with E-state index in [1.165, 1.54) is 0 Å². The number of nitrogens with one attached hydrogen (secondary N) is 2. The van der Waals surface area contributed by atoms with Crippen molar-refractivity contribution in [3.8, 4) is 17.1 Å². The predicted molar refractivity (Wildman–Crippen MR) is 120 cm³/mol. The highest BCUT2D eigenvalue weighted by Crippen LogP contribution is 2.34. The van der Waals surface area contributed by atoms with Gasteiger partial charge in [-0.2, -0.15) is 0 Å². The Kier molecular flexibility index (Phi) is 5.12. The summed E-state index contributed by atoms with van der Waals surface area (Å²) in [6.45, 7) is 9.46. The molecule has 0 bridgehead atoms. The fourth-order valence-corrected chi connectivity index (χ4v) is 5.34. The van der Waals surface area contributed by atoms with Crippen LogP contribution in [0.15, 0.2) is 18.3 Å². The smallest absolute Gasteiger partial charge is 0.222 e. The van der Waals surface area contributed by atoms with E-state index in [9.17, 15) is 0 Å². The monoisotopic (exact) mass is 427 g/mol. The third-order valence-electron chi connectivity index (χ3n) is 6.27. The molecule has 0 saturated carbocycles. The van der Waals surface area contributed by atoms with Gasteiger partial charge >= 0.3 is 0 Å². The molecule has 3 aromatic rings. The molecule has 8 nitrogen and oxygen atoms in total. The molecule has 0 unspecified atom stereocenters. The van der Waals surface area contributed by atoms with Gasteiger partial charge in [0.25, 0.3) is 0 Å². The second-order valence-corrected chi connectivity index (χ2v) is 9.48. The van der Waals surface area contributed by atoms with Crippen LogP contribution in [0.2, 0.25) is 0 Å². The van der Waals surface area contributed by atoms with Crippen LogP contribution in [0.25, 0.3) is 16.2 Å². The number of hydrogen-bond donors (Lipinski definition) is 2. The summed E-state index contributed by atoms with van der Waals surface area (Å²) < 4.78 is 7.53. The van der Waals surface area contributed by atoms with Gasteiger partial charge in [-0.25, -0.2) is 14.5 Å². The molecule has 2 saturated heterocycles. The van der Waals surface area contributed by atoms with Gasteiger partial charge in [-0.3, -0.25) is 0 Å². The second-order valence-electron chi connectivity index (χ2n) is 8.54. The molecular weight excluding hydrogens is 398 g/mol. The number of piperazine rings is 1. The van der Waals surface area contributed by atoms with E-state index in [1.807, 2.05) is 10.7 Å². The molecule has 5 heterocycles. The van der Waals surface area contributed by atoms with Crippen molar-refractivity contribution in [3.63, 3.8) is 0 Å². The zero-order chi connectivity index (χ0) is 20.7. The minimum Gasteiger partial charge on any atom is -0.480 e. The quantitative estimate of drug-likeness (QED) is 0.662. The molecule has 0 atom stereocenters. The number of imidazole rings is 1. The van der Waals surface area contributed by atoms with Crippen molar-refractivity contribution in [1.82, 2.24) is 30.2 Å². The van der Waals surface area contributed by atoms with Gasteiger partial charge in [0.15, 0.2) is 0 Å². The number of hydrogen-bond acceptors (Lipinski definition) is 8. The molecule has 0 radical (unpaired) electrons. The summed E-state index contributed by atoms with van der Waals surface area (Å²) in [6.07, 6.45) is 4.12. The fourth-order valence-electron chi connectivity index (χ4n) is 4.41. The van der Waals surface area contributed by atoms with Gasteiger partial charge < -0.3 is 20.3 Å². The van der Waals surface area contributed by atoms with Crippen LogP contribution in [-0.4, -0.2) is 65.0 Å². The van der Waals surface area contributed by atoms with E-state index < -0.39 is 0 Å². The Hall–Kier alpha value is -2.23. The zero-order valence-electron chi connectivity index (χ0n) is 17.8. The highest BCUT2D eigenvalue weighted by Gasteiger charge is 2.36. The molecule has 0 aromatic carbocycles. The predicted octanol–water partition coefficient (Wildman–Crippen LogP) is 2.52. The van der Waals surface area contributed by atoms with Gasteiger partial charge in [-0.15, -0.1) is 5.10 Å². The van der Waals surface area contributed by atoms with Crippen LogP contribution < -0.4 is 20.3 Å². The number of fused-ring (bicyclic) bond motifs is 1. The summed E-state index contributed by atoms with van der Waals surface area (Å²) in [4.78, 5) is 12.6. The lowest BCUT2D eigenvalue weighted by Crippen LogP contribution is -2.63. The first kappa shape index (κ1) is 19.7. The van der Waals surface area contributed by atoms with Gasteiger partial charge in [-0.1, -0.05) is 25.2 Å². The van der Waals surface area contributed by atoms with Crippen molar-refractivity contribution in [2.45, 2.75) is 38.1 Å².